The van der Waals surface area contributed by atoms with Crippen molar-refractivity contribution in [2.75, 3.05) is 11.3 Å². The number of amidine groups is 1. The average Bonchev–Trinajstić information content (AvgIpc) is 2.26. The maximum Gasteiger partial charge on any atom is 0.299 e. The van der Waals surface area contributed by atoms with Gasteiger partial charge in [0.05, 0.1) is 0 Å². The van der Waals surface area contributed by atoms with Crippen LogP contribution in [0.15, 0.2) is 24.3 Å². The van der Waals surface area contributed by atoms with E-state index in [0.717, 1.165) is 6.42 Å². The number of hydrogen-bond acceptors (Lipinski definition) is 3. The number of nitrogen functional groups attached to an aromatic ring is 1. The molecule has 5 N–H and O–H groups in total. The van der Waals surface area contributed by atoms with Crippen LogP contribution in [0.3, 0.4) is 0 Å². The minimum Gasteiger partial charge on any atom is -0.384 e. The summed E-state index contributed by atoms with van der Waals surface area (Å²) in [6.07, 6.45) is 0.726. The highest BCUT2D eigenvalue weighted by molar-refractivity contribution is 7.90. The van der Waals surface area contributed by atoms with Crippen molar-refractivity contribution in [2.24, 2.45) is 5.73 Å². The molecule has 0 unspecified atom stereocenters. The number of nitrogens with two attached hydrogens (primary N) is 1. The third kappa shape index (κ3) is 4.41. The van der Waals surface area contributed by atoms with Crippen LogP contribution in [0.5, 0.6) is 0 Å². The second-order valence-corrected chi connectivity index (χ2v) is 4.99. The Hall–Kier alpha value is -1.60. The summed E-state index contributed by atoms with van der Waals surface area (Å²) >= 11 is 0. The van der Waals surface area contributed by atoms with Gasteiger partial charge in [0.2, 0.25) is 0 Å². The Morgan fingerprint density at radius 1 is 1.35 bits per heavy atom. The van der Waals surface area contributed by atoms with E-state index in [1.807, 2.05) is 6.92 Å². The average molecular weight is 256 g/mol. The Morgan fingerprint density at radius 3 is 2.41 bits per heavy atom. The van der Waals surface area contributed by atoms with Crippen molar-refractivity contribution in [3.8, 4) is 0 Å². The zero-order valence-corrected chi connectivity index (χ0v) is 10.3. The minimum atomic E-state index is -3.51. The molecule has 0 aliphatic heterocycles. The number of benzene rings is 1. The van der Waals surface area contributed by atoms with Gasteiger partial charge in [0.1, 0.15) is 5.84 Å². The van der Waals surface area contributed by atoms with Crippen molar-refractivity contribution < 1.29 is 8.42 Å². The summed E-state index contributed by atoms with van der Waals surface area (Å²) in [5, 5.41) is 7.20. The van der Waals surface area contributed by atoms with E-state index in [0.29, 0.717) is 17.8 Å². The smallest absolute Gasteiger partial charge is 0.299 e. The molecule has 17 heavy (non-hydrogen) atoms. The zero-order chi connectivity index (χ0) is 12.9. The molecular weight excluding hydrogens is 240 g/mol. The molecule has 0 aliphatic carbocycles. The van der Waals surface area contributed by atoms with E-state index in [9.17, 15) is 8.42 Å². The van der Waals surface area contributed by atoms with Gasteiger partial charge >= 0.3 is 0 Å². The van der Waals surface area contributed by atoms with Crippen molar-refractivity contribution in [2.45, 2.75) is 13.3 Å². The highest BCUT2D eigenvalue weighted by Gasteiger charge is 2.08. The third-order valence-corrected chi connectivity index (χ3v) is 3.08. The maximum absolute atomic E-state index is 11.5. The SMILES string of the molecule is CCCNS(=O)(=O)Nc1ccc(C(=N)N)cc1. The molecule has 0 saturated carbocycles. The van der Waals surface area contributed by atoms with Gasteiger partial charge in [-0.25, -0.2) is 0 Å². The lowest BCUT2D eigenvalue weighted by atomic mass is 10.2. The minimum absolute atomic E-state index is 0.0523. The molecule has 0 radical (unpaired) electrons. The fourth-order valence-corrected chi connectivity index (χ4v) is 2.14. The summed E-state index contributed by atoms with van der Waals surface area (Å²) in [6, 6.07) is 6.28. The highest BCUT2D eigenvalue weighted by Crippen LogP contribution is 2.10. The molecule has 0 spiro atoms. The van der Waals surface area contributed by atoms with Crippen molar-refractivity contribution in [1.29, 1.82) is 5.41 Å². The maximum atomic E-state index is 11.5. The van der Waals surface area contributed by atoms with E-state index in [4.69, 9.17) is 11.1 Å². The first-order valence-corrected chi connectivity index (χ1v) is 6.65. The molecule has 0 atom stereocenters. The first-order chi connectivity index (χ1) is 7.94. The standard InChI is InChI=1S/C10H16N4O2S/c1-2-7-13-17(15,16)14-9-5-3-8(4-6-9)10(11)12/h3-6,13-14H,2,7H2,1H3,(H3,11,12). The molecule has 0 aliphatic rings. The molecule has 1 aromatic carbocycles. The van der Waals surface area contributed by atoms with E-state index in [1.54, 1.807) is 24.3 Å². The molecule has 0 aromatic heterocycles. The molecule has 0 amide bonds. The van der Waals surface area contributed by atoms with Crippen LogP contribution in [0.2, 0.25) is 0 Å². The van der Waals surface area contributed by atoms with Gasteiger partial charge in [-0.1, -0.05) is 6.92 Å². The summed E-state index contributed by atoms with van der Waals surface area (Å²) in [7, 11) is -3.51. The normalized spacial score (nSPS) is 11.1. The topological polar surface area (TPSA) is 108 Å². The van der Waals surface area contributed by atoms with Crippen molar-refractivity contribution >= 4 is 21.7 Å². The first-order valence-electron chi connectivity index (χ1n) is 5.16. The zero-order valence-electron chi connectivity index (χ0n) is 9.53. The van der Waals surface area contributed by atoms with Gasteiger partial charge in [0.25, 0.3) is 10.2 Å². The predicted octanol–water partition coefficient (Wildman–Crippen LogP) is 0.627. The molecule has 94 valence electrons. The van der Waals surface area contributed by atoms with Gasteiger partial charge in [-0.3, -0.25) is 10.1 Å². The van der Waals surface area contributed by atoms with E-state index < -0.39 is 10.2 Å². The second kappa shape index (κ2) is 5.65. The lowest BCUT2D eigenvalue weighted by Gasteiger charge is -2.08. The fourth-order valence-electron chi connectivity index (χ4n) is 1.15. The van der Waals surface area contributed by atoms with Gasteiger partial charge in [0, 0.05) is 17.8 Å². The van der Waals surface area contributed by atoms with Crippen molar-refractivity contribution in [3.63, 3.8) is 0 Å². The molecule has 0 heterocycles. The monoisotopic (exact) mass is 256 g/mol. The fraction of sp³-hybridized carbons (Fsp3) is 0.300. The van der Waals surface area contributed by atoms with Gasteiger partial charge in [0.15, 0.2) is 0 Å². The molecule has 1 aromatic rings. The lowest BCUT2D eigenvalue weighted by Crippen LogP contribution is -2.30. The Labute approximate surface area is 101 Å². The summed E-state index contributed by atoms with van der Waals surface area (Å²) < 4.78 is 27.7. The van der Waals surface area contributed by atoms with Gasteiger partial charge in [-0.05, 0) is 30.7 Å². The Bertz CT molecular complexity index is 482. The van der Waals surface area contributed by atoms with Crippen LogP contribution in [-0.2, 0) is 10.2 Å². The van der Waals surface area contributed by atoms with Crippen LogP contribution >= 0.6 is 0 Å². The van der Waals surface area contributed by atoms with Gasteiger partial charge < -0.3 is 5.73 Å². The van der Waals surface area contributed by atoms with E-state index in [2.05, 4.69) is 9.44 Å². The van der Waals surface area contributed by atoms with Crippen LogP contribution in [-0.4, -0.2) is 20.8 Å². The van der Waals surface area contributed by atoms with Crippen molar-refractivity contribution in [1.82, 2.24) is 4.72 Å². The molecule has 1 rings (SSSR count). The largest absolute Gasteiger partial charge is 0.384 e. The molecule has 0 bridgehead atoms. The quantitative estimate of drug-likeness (QED) is 0.442. The summed E-state index contributed by atoms with van der Waals surface area (Å²) in [5.74, 6) is -0.0523. The number of rotatable bonds is 6. The van der Waals surface area contributed by atoms with E-state index in [-0.39, 0.29) is 5.84 Å². The summed E-state index contributed by atoms with van der Waals surface area (Å²) in [5.41, 5.74) is 6.27. The summed E-state index contributed by atoms with van der Waals surface area (Å²) in [6.45, 7) is 2.27. The van der Waals surface area contributed by atoms with Crippen LogP contribution in [0.4, 0.5) is 5.69 Å². The predicted molar refractivity (Wildman–Crippen MR) is 68.3 cm³/mol. The van der Waals surface area contributed by atoms with Gasteiger partial charge in [-0.15, -0.1) is 0 Å². The first kappa shape index (κ1) is 13.5. The number of hydrogen-bond donors (Lipinski definition) is 4. The summed E-state index contributed by atoms with van der Waals surface area (Å²) in [4.78, 5) is 0. The molecule has 6 nitrogen and oxygen atoms in total. The second-order valence-electron chi connectivity index (χ2n) is 3.49. The van der Waals surface area contributed by atoms with Gasteiger partial charge in [-0.2, -0.15) is 13.1 Å². The lowest BCUT2D eigenvalue weighted by molar-refractivity contribution is 0.586. The Kier molecular flexibility index (Phi) is 4.47. The van der Waals surface area contributed by atoms with Crippen molar-refractivity contribution in [3.05, 3.63) is 29.8 Å². The Balaban J connectivity index is 2.72. The van der Waals surface area contributed by atoms with Crippen LogP contribution in [0.1, 0.15) is 18.9 Å². The van der Waals surface area contributed by atoms with Crippen LogP contribution in [0, 0.1) is 5.41 Å². The Morgan fingerprint density at radius 2 is 1.94 bits per heavy atom. The van der Waals surface area contributed by atoms with Crippen LogP contribution < -0.4 is 15.2 Å². The number of nitrogens with one attached hydrogen (secondary N) is 3. The molecular formula is C10H16N4O2S. The van der Waals surface area contributed by atoms with E-state index >= 15 is 0 Å². The van der Waals surface area contributed by atoms with Crippen LogP contribution in [0.25, 0.3) is 0 Å². The molecule has 0 saturated heterocycles. The third-order valence-electron chi connectivity index (χ3n) is 1.99. The number of anilines is 1. The molecule has 7 heteroatoms. The highest BCUT2D eigenvalue weighted by atomic mass is 32.2. The molecule has 0 fully saturated rings. The van der Waals surface area contributed by atoms with E-state index in [1.165, 1.54) is 0 Å².